The van der Waals surface area contributed by atoms with Crippen molar-refractivity contribution in [2.45, 2.75) is 103 Å². The van der Waals surface area contributed by atoms with E-state index in [0.29, 0.717) is 36.0 Å². The van der Waals surface area contributed by atoms with Gasteiger partial charge < -0.3 is 14.9 Å². The lowest BCUT2D eigenvalue weighted by Crippen LogP contribution is -2.61. The van der Waals surface area contributed by atoms with E-state index in [0.717, 1.165) is 44.9 Å². The molecule has 4 aliphatic carbocycles. The van der Waals surface area contributed by atoms with Crippen LogP contribution in [0.15, 0.2) is 30.4 Å². The van der Waals surface area contributed by atoms with Gasteiger partial charge in [-0.25, -0.2) is 13.2 Å². The molecule has 6 heteroatoms. The van der Waals surface area contributed by atoms with E-state index in [-0.39, 0.29) is 40.6 Å². The largest absolute Gasteiger partial charge is 0.496 e. The van der Waals surface area contributed by atoms with Crippen LogP contribution in [-0.2, 0) is 0 Å². The first kappa shape index (κ1) is 29.0. The van der Waals surface area contributed by atoms with Crippen LogP contribution in [0.5, 0.6) is 5.75 Å². The normalized spacial score (nSPS) is 40.8. The fourth-order valence-electron chi connectivity index (χ4n) is 10.1. The Morgan fingerprint density at radius 3 is 2.46 bits per heavy atom. The van der Waals surface area contributed by atoms with Crippen LogP contribution in [0.4, 0.5) is 13.2 Å². The molecule has 0 spiro atoms. The smallest absolute Gasteiger partial charge is 0.252 e. The Hall–Kier alpha value is -1.53. The molecule has 0 heterocycles. The standard InChI is InChI=1S/C33H47F3O3/c1-19(8-6-10-27(38)29-25(34)9-7-11-28(29)39-5)21-12-13-22-30-23(14-16-31(21,22)3)32(4)17-15-26(37)20(2)24(32)18-33(30,35)36/h7,9,11,19,21-24,26-27,30,37-38H,2,6,8,10,12-18H2,1,3-5H3/t19-,21-,22+,23+,24+,26+,27?,30+,31-,32-/m1/s1. The van der Waals surface area contributed by atoms with Crippen molar-refractivity contribution in [1.82, 2.24) is 0 Å². The van der Waals surface area contributed by atoms with Crippen LogP contribution in [0.25, 0.3) is 0 Å². The Bertz CT molecular complexity index is 1070. The molecule has 2 N–H and O–H groups in total. The van der Waals surface area contributed by atoms with Gasteiger partial charge in [-0.15, -0.1) is 0 Å². The molecule has 4 aliphatic rings. The molecule has 0 bridgehead atoms. The Morgan fingerprint density at radius 2 is 1.74 bits per heavy atom. The number of alkyl halides is 2. The molecule has 4 fully saturated rings. The Balaban J connectivity index is 1.28. The highest BCUT2D eigenvalue weighted by molar-refractivity contribution is 5.36. The number of aliphatic hydroxyl groups excluding tert-OH is 2. The summed E-state index contributed by atoms with van der Waals surface area (Å²) in [6, 6.07) is 4.58. The van der Waals surface area contributed by atoms with Crippen molar-refractivity contribution in [3.05, 3.63) is 41.7 Å². The lowest BCUT2D eigenvalue weighted by molar-refractivity contribution is -0.228. The first-order valence-electron chi connectivity index (χ1n) is 15.1. The van der Waals surface area contributed by atoms with Gasteiger partial charge in [0.2, 0.25) is 0 Å². The van der Waals surface area contributed by atoms with Crippen molar-refractivity contribution >= 4 is 0 Å². The summed E-state index contributed by atoms with van der Waals surface area (Å²) < 4.78 is 51.8. The lowest BCUT2D eigenvalue weighted by atomic mass is 9.43. The van der Waals surface area contributed by atoms with Gasteiger partial charge in [0.1, 0.15) is 11.6 Å². The molecule has 39 heavy (non-hydrogen) atoms. The quantitative estimate of drug-likeness (QED) is 0.339. The van der Waals surface area contributed by atoms with Gasteiger partial charge in [0.05, 0.1) is 24.9 Å². The molecule has 0 radical (unpaired) electrons. The maximum absolute atomic E-state index is 16.1. The number of rotatable bonds is 7. The fraction of sp³-hybridized carbons (Fsp3) is 0.758. The van der Waals surface area contributed by atoms with Gasteiger partial charge in [0, 0.05) is 12.3 Å². The van der Waals surface area contributed by atoms with Crippen molar-refractivity contribution in [2.75, 3.05) is 7.11 Å². The number of benzene rings is 1. The number of ether oxygens (including phenoxy) is 1. The number of halogens is 3. The topological polar surface area (TPSA) is 49.7 Å². The van der Waals surface area contributed by atoms with E-state index in [1.54, 1.807) is 12.1 Å². The molecule has 4 saturated carbocycles. The monoisotopic (exact) mass is 548 g/mol. The van der Waals surface area contributed by atoms with Crippen molar-refractivity contribution in [2.24, 2.45) is 46.3 Å². The summed E-state index contributed by atoms with van der Waals surface area (Å²) in [6.45, 7) is 10.8. The molecule has 0 aromatic heterocycles. The zero-order valence-corrected chi connectivity index (χ0v) is 24.1. The van der Waals surface area contributed by atoms with Crippen LogP contribution in [0.1, 0.15) is 96.6 Å². The molecule has 0 aliphatic heterocycles. The van der Waals surface area contributed by atoms with E-state index in [9.17, 15) is 14.6 Å². The fourth-order valence-corrected chi connectivity index (χ4v) is 10.1. The molecule has 10 atom stereocenters. The molecule has 1 unspecified atom stereocenters. The van der Waals surface area contributed by atoms with Crippen molar-refractivity contribution < 1.29 is 28.1 Å². The minimum atomic E-state index is -2.75. The molecule has 1 aromatic carbocycles. The van der Waals surface area contributed by atoms with Gasteiger partial charge in [0.25, 0.3) is 5.92 Å². The van der Waals surface area contributed by atoms with Crippen molar-refractivity contribution in [3.63, 3.8) is 0 Å². The zero-order valence-electron chi connectivity index (χ0n) is 24.1. The summed E-state index contributed by atoms with van der Waals surface area (Å²) >= 11 is 0. The molecule has 218 valence electrons. The van der Waals surface area contributed by atoms with Gasteiger partial charge in [0.15, 0.2) is 0 Å². The third-order valence-corrected chi connectivity index (χ3v) is 12.2. The van der Waals surface area contributed by atoms with Crippen molar-refractivity contribution in [3.8, 4) is 5.75 Å². The Kier molecular flexibility index (Phi) is 7.72. The average Bonchev–Trinajstić information content (AvgIpc) is 3.24. The Morgan fingerprint density at radius 1 is 1.05 bits per heavy atom. The van der Waals surface area contributed by atoms with E-state index in [1.807, 2.05) is 0 Å². The predicted molar refractivity (Wildman–Crippen MR) is 147 cm³/mol. The minimum Gasteiger partial charge on any atom is -0.496 e. The second-order valence-corrected chi connectivity index (χ2v) is 13.9. The summed E-state index contributed by atoms with van der Waals surface area (Å²) in [5.74, 6) is -3.08. The maximum Gasteiger partial charge on any atom is 0.252 e. The van der Waals surface area contributed by atoms with Crippen LogP contribution < -0.4 is 4.74 Å². The van der Waals surface area contributed by atoms with Gasteiger partial charge in [-0.1, -0.05) is 46.3 Å². The molecule has 1 aromatic rings. The molecule has 0 amide bonds. The second kappa shape index (κ2) is 10.4. The molecular formula is C33H47F3O3. The van der Waals surface area contributed by atoms with Crippen LogP contribution in [-0.4, -0.2) is 29.3 Å². The van der Waals surface area contributed by atoms with Crippen LogP contribution in [0.3, 0.4) is 0 Å². The molecule has 0 saturated heterocycles. The third kappa shape index (κ3) is 4.66. The number of methoxy groups -OCH3 is 1. The first-order chi connectivity index (χ1) is 18.3. The maximum atomic E-state index is 16.1. The van der Waals surface area contributed by atoms with Crippen LogP contribution >= 0.6 is 0 Å². The van der Waals surface area contributed by atoms with E-state index in [2.05, 4.69) is 27.4 Å². The minimum absolute atomic E-state index is 0.00450. The summed E-state index contributed by atoms with van der Waals surface area (Å²) in [7, 11) is 1.48. The first-order valence-corrected chi connectivity index (χ1v) is 15.1. The van der Waals surface area contributed by atoms with E-state index in [4.69, 9.17) is 4.74 Å². The van der Waals surface area contributed by atoms with Crippen molar-refractivity contribution in [1.29, 1.82) is 0 Å². The van der Waals surface area contributed by atoms with Crippen LogP contribution in [0, 0.1) is 52.2 Å². The van der Waals surface area contributed by atoms with Gasteiger partial charge >= 0.3 is 0 Å². The highest BCUT2D eigenvalue weighted by Gasteiger charge is 2.68. The molecule has 3 nitrogen and oxygen atoms in total. The summed E-state index contributed by atoms with van der Waals surface area (Å²) in [4.78, 5) is 0. The van der Waals surface area contributed by atoms with Gasteiger partial charge in [-0.2, -0.15) is 0 Å². The van der Waals surface area contributed by atoms with E-state index < -0.39 is 29.9 Å². The number of fused-ring (bicyclic) bond motifs is 5. The number of aliphatic hydroxyl groups is 2. The zero-order chi connectivity index (χ0) is 28.3. The highest BCUT2D eigenvalue weighted by atomic mass is 19.3. The highest BCUT2D eigenvalue weighted by Crippen LogP contribution is 2.71. The van der Waals surface area contributed by atoms with Crippen LogP contribution in [0.2, 0.25) is 0 Å². The summed E-state index contributed by atoms with van der Waals surface area (Å²) in [5.41, 5.74) is 0.509. The average molecular weight is 549 g/mol. The van der Waals surface area contributed by atoms with E-state index >= 15 is 8.78 Å². The summed E-state index contributed by atoms with van der Waals surface area (Å²) in [5, 5.41) is 21.2. The third-order valence-electron chi connectivity index (χ3n) is 12.2. The van der Waals surface area contributed by atoms with Gasteiger partial charge in [-0.05, 0) is 103 Å². The van der Waals surface area contributed by atoms with Gasteiger partial charge in [-0.3, -0.25) is 0 Å². The number of hydrogen-bond donors (Lipinski definition) is 2. The lowest BCUT2D eigenvalue weighted by Gasteiger charge is -2.63. The predicted octanol–water partition coefficient (Wildman–Crippen LogP) is 8.11. The SMILES string of the molecule is C=C1[C@@H](O)CC[C@@]2(C)[C@H]1CC(F)(F)[C@@H]1[C@@H]2CC[C@]2(C)[C@@H]([C@H](C)CCCC(O)c3c(F)cccc3OC)CC[C@@H]12. The second-order valence-electron chi connectivity index (χ2n) is 13.9. The molecular weight excluding hydrogens is 501 g/mol. The summed E-state index contributed by atoms with van der Waals surface area (Å²) in [6.07, 6.45) is 5.32. The number of hydrogen-bond acceptors (Lipinski definition) is 3. The Labute approximate surface area is 232 Å². The van der Waals surface area contributed by atoms with E-state index in [1.165, 1.54) is 13.2 Å². The molecule has 5 rings (SSSR count).